The second-order valence-corrected chi connectivity index (χ2v) is 5.30. The average molecular weight is 297 g/mol. The summed E-state index contributed by atoms with van der Waals surface area (Å²) in [5.41, 5.74) is 6.14. The van der Waals surface area contributed by atoms with E-state index in [0.717, 1.165) is 0 Å². The molecule has 8 heteroatoms. The number of hydrogen-bond acceptors (Lipinski definition) is 7. The summed E-state index contributed by atoms with van der Waals surface area (Å²) in [6, 6.07) is 1.64. The first-order valence-corrected chi connectivity index (χ1v) is 7.03. The van der Waals surface area contributed by atoms with Crippen LogP contribution in [0.15, 0.2) is 16.8 Å². The van der Waals surface area contributed by atoms with E-state index in [1.807, 2.05) is 0 Å². The quantitative estimate of drug-likeness (QED) is 0.838. The summed E-state index contributed by atoms with van der Waals surface area (Å²) in [6.07, 6.45) is 0. The lowest BCUT2D eigenvalue weighted by atomic mass is 10.3. The number of ether oxygens (including phenoxy) is 1. The molecule has 2 aromatic heterocycles. The van der Waals surface area contributed by atoms with E-state index in [0.29, 0.717) is 22.1 Å². The van der Waals surface area contributed by atoms with Crippen LogP contribution in [-0.2, 0) is 11.3 Å². The number of amides is 1. The van der Waals surface area contributed by atoms with Gasteiger partial charge in [-0.3, -0.25) is 4.79 Å². The third-order valence-electron chi connectivity index (χ3n) is 2.24. The lowest BCUT2D eigenvalue weighted by Gasteiger charge is -2.03. The third kappa shape index (κ3) is 2.98. The highest BCUT2D eigenvalue weighted by molar-refractivity contribution is 7.12. The van der Waals surface area contributed by atoms with Crippen LogP contribution in [0.2, 0.25) is 0 Å². The fraction of sp³-hybridized carbons (Fsp3) is 0.182. The van der Waals surface area contributed by atoms with E-state index in [2.05, 4.69) is 15.0 Å². The van der Waals surface area contributed by atoms with Gasteiger partial charge >= 0.3 is 5.97 Å². The molecule has 0 saturated carbocycles. The maximum atomic E-state index is 11.9. The smallest absolute Gasteiger partial charge is 0.350 e. The van der Waals surface area contributed by atoms with Crippen molar-refractivity contribution in [2.24, 2.45) is 5.73 Å². The van der Waals surface area contributed by atoms with Gasteiger partial charge in [-0.25, -0.2) is 9.78 Å². The second-order valence-electron chi connectivity index (χ2n) is 3.44. The number of nitrogens with one attached hydrogen (secondary N) is 1. The number of carbonyl (C=O) groups is 2. The van der Waals surface area contributed by atoms with Crippen molar-refractivity contribution in [2.45, 2.75) is 6.54 Å². The molecular weight excluding hydrogens is 286 g/mol. The minimum Gasteiger partial charge on any atom is -0.465 e. The molecule has 0 fully saturated rings. The van der Waals surface area contributed by atoms with Crippen LogP contribution in [0.3, 0.4) is 0 Å². The van der Waals surface area contributed by atoms with E-state index >= 15 is 0 Å². The Hall–Kier alpha value is -1.77. The van der Waals surface area contributed by atoms with Crippen LogP contribution in [0.4, 0.5) is 5.69 Å². The van der Waals surface area contributed by atoms with Crippen LogP contribution in [0.25, 0.3) is 0 Å². The van der Waals surface area contributed by atoms with Crippen molar-refractivity contribution < 1.29 is 14.3 Å². The molecule has 6 nitrogen and oxygen atoms in total. The topological polar surface area (TPSA) is 94.3 Å². The SMILES string of the molecule is COC(=O)c1sccc1NC(=O)c1csc(CN)n1. The molecule has 0 aromatic carbocycles. The summed E-state index contributed by atoms with van der Waals surface area (Å²) in [7, 11) is 1.29. The van der Waals surface area contributed by atoms with E-state index < -0.39 is 5.97 Å². The Labute approximate surface area is 117 Å². The molecule has 0 aliphatic rings. The number of thiazole rings is 1. The van der Waals surface area contributed by atoms with Crippen molar-refractivity contribution in [3.63, 3.8) is 0 Å². The molecule has 0 unspecified atom stereocenters. The van der Waals surface area contributed by atoms with Gasteiger partial charge in [-0.15, -0.1) is 22.7 Å². The summed E-state index contributed by atoms with van der Waals surface area (Å²) in [5.74, 6) is -0.856. The maximum absolute atomic E-state index is 11.9. The number of thiophene rings is 1. The van der Waals surface area contributed by atoms with Gasteiger partial charge in [0.15, 0.2) is 0 Å². The Bertz CT molecular complexity index is 606. The molecule has 0 radical (unpaired) electrons. The molecule has 0 aliphatic carbocycles. The van der Waals surface area contributed by atoms with E-state index in [1.165, 1.54) is 29.8 Å². The summed E-state index contributed by atoms with van der Waals surface area (Å²) in [5, 5.41) is 6.65. The molecule has 0 atom stereocenters. The predicted octanol–water partition coefficient (Wildman–Crippen LogP) is 1.70. The lowest BCUT2D eigenvalue weighted by Crippen LogP contribution is -2.14. The normalized spacial score (nSPS) is 10.2. The largest absolute Gasteiger partial charge is 0.465 e. The number of esters is 1. The van der Waals surface area contributed by atoms with Crippen molar-refractivity contribution in [1.29, 1.82) is 0 Å². The zero-order valence-corrected chi connectivity index (χ0v) is 11.6. The van der Waals surface area contributed by atoms with Gasteiger partial charge < -0.3 is 15.8 Å². The predicted molar refractivity (Wildman–Crippen MR) is 73.6 cm³/mol. The van der Waals surface area contributed by atoms with Gasteiger partial charge in [0.05, 0.1) is 12.8 Å². The monoisotopic (exact) mass is 297 g/mol. The molecule has 0 bridgehead atoms. The zero-order valence-electron chi connectivity index (χ0n) is 10.0. The maximum Gasteiger partial charge on any atom is 0.350 e. The van der Waals surface area contributed by atoms with Gasteiger partial charge in [0.2, 0.25) is 0 Å². The van der Waals surface area contributed by atoms with Crippen LogP contribution >= 0.6 is 22.7 Å². The number of nitrogens with two attached hydrogens (primary N) is 1. The molecule has 3 N–H and O–H groups in total. The number of aromatic nitrogens is 1. The first kappa shape index (κ1) is 13.7. The number of rotatable bonds is 4. The van der Waals surface area contributed by atoms with Gasteiger partial charge in [0.1, 0.15) is 15.6 Å². The Morgan fingerprint density at radius 2 is 2.26 bits per heavy atom. The van der Waals surface area contributed by atoms with Gasteiger partial charge in [0, 0.05) is 11.9 Å². The molecule has 0 aliphatic heterocycles. The summed E-state index contributed by atoms with van der Waals surface area (Å²) in [6.45, 7) is 0.295. The van der Waals surface area contributed by atoms with Gasteiger partial charge in [-0.2, -0.15) is 0 Å². The third-order valence-corrected chi connectivity index (χ3v) is 4.01. The Morgan fingerprint density at radius 3 is 2.89 bits per heavy atom. The first-order valence-electron chi connectivity index (χ1n) is 5.27. The molecule has 19 heavy (non-hydrogen) atoms. The molecular formula is C11H11N3O3S2. The molecule has 100 valence electrons. The number of carbonyl (C=O) groups excluding carboxylic acids is 2. The summed E-state index contributed by atoms with van der Waals surface area (Å²) >= 11 is 2.52. The van der Waals surface area contributed by atoms with Gasteiger partial charge in [-0.1, -0.05) is 0 Å². The van der Waals surface area contributed by atoms with Crippen LogP contribution in [0.5, 0.6) is 0 Å². The minimum atomic E-state index is -0.480. The van der Waals surface area contributed by atoms with E-state index in [-0.39, 0.29) is 11.6 Å². The molecule has 0 spiro atoms. The van der Waals surface area contributed by atoms with Crippen molar-refractivity contribution >= 4 is 40.2 Å². The highest BCUT2D eigenvalue weighted by Gasteiger charge is 2.17. The Kier molecular flexibility index (Phi) is 4.25. The van der Waals surface area contributed by atoms with Crippen molar-refractivity contribution in [2.75, 3.05) is 12.4 Å². The molecule has 0 saturated heterocycles. The van der Waals surface area contributed by atoms with Crippen LogP contribution in [0.1, 0.15) is 25.2 Å². The van der Waals surface area contributed by atoms with E-state index in [9.17, 15) is 9.59 Å². The molecule has 2 heterocycles. The second kappa shape index (κ2) is 5.91. The molecule has 1 amide bonds. The first-order chi connectivity index (χ1) is 9.15. The molecule has 2 rings (SSSR count). The fourth-order valence-electron chi connectivity index (χ4n) is 1.35. The van der Waals surface area contributed by atoms with E-state index in [4.69, 9.17) is 5.73 Å². The number of hydrogen-bond donors (Lipinski definition) is 2. The lowest BCUT2D eigenvalue weighted by molar-refractivity contribution is 0.0607. The standard InChI is InChI=1S/C11H11N3O3S2/c1-17-11(16)9-6(2-3-18-9)14-10(15)7-5-19-8(4-12)13-7/h2-3,5H,4,12H2,1H3,(H,14,15). The van der Waals surface area contributed by atoms with Crippen molar-refractivity contribution in [1.82, 2.24) is 4.98 Å². The van der Waals surface area contributed by atoms with Crippen molar-refractivity contribution in [3.05, 3.63) is 32.4 Å². The van der Waals surface area contributed by atoms with E-state index in [1.54, 1.807) is 16.8 Å². The highest BCUT2D eigenvalue weighted by Crippen LogP contribution is 2.23. The molecule has 2 aromatic rings. The number of methoxy groups -OCH3 is 1. The zero-order chi connectivity index (χ0) is 13.8. The van der Waals surface area contributed by atoms with Gasteiger partial charge in [-0.05, 0) is 11.4 Å². The fourth-order valence-corrected chi connectivity index (χ4v) is 2.77. The van der Waals surface area contributed by atoms with Crippen LogP contribution < -0.4 is 11.1 Å². The number of nitrogens with zero attached hydrogens (tertiary/aromatic N) is 1. The van der Waals surface area contributed by atoms with Gasteiger partial charge in [0.25, 0.3) is 5.91 Å². The van der Waals surface area contributed by atoms with Crippen molar-refractivity contribution in [3.8, 4) is 0 Å². The summed E-state index contributed by atoms with van der Waals surface area (Å²) in [4.78, 5) is 27.8. The Balaban J connectivity index is 2.15. The minimum absolute atomic E-state index is 0.285. The highest BCUT2D eigenvalue weighted by atomic mass is 32.1. The average Bonchev–Trinajstić information content (AvgIpc) is 3.06. The summed E-state index contributed by atoms with van der Waals surface area (Å²) < 4.78 is 4.63. The Morgan fingerprint density at radius 1 is 1.47 bits per heavy atom. The number of anilines is 1. The van der Waals surface area contributed by atoms with Crippen LogP contribution in [-0.4, -0.2) is 24.0 Å². The van der Waals surface area contributed by atoms with Crippen LogP contribution in [0, 0.1) is 0 Å².